The van der Waals surface area contributed by atoms with Crippen molar-refractivity contribution in [3.05, 3.63) is 69.5 Å². The Labute approximate surface area is 174 Å². The lowest BCUT2D eigenvalue weighted by Gasteiger charge is -2.29. The van der Waals surface area contributed by atoms with Crippen molar-refractivity contribution < 1.29 is 14.0 Å². The molecule has 150 valence electrons. The van der Waals surface area contributed by atoms with Gasteiger partial charge in [-0.25, -0.2) is 4.39 Å². The maximum Gasteiger partial charge on any atom is 0.242 e. The number of nitrogens with zero attached hydrogens (tertiary/aromatic N) is 1. The number of hydrogen-bond acceptors (Lipinski definition) is 2. The third-order valence-corrected chi connectivity index (χ3v) is 4.94. The zero-order valence-corrected chi connectivity index (χ0v) is 17.4. The van der Waals surface area contributed by atoms with Crippen molar-refractivity contribution in [3.63, 3.8) is 0 Å². The number of halogens is 3. The summed E-state index contributed by atoms with van der Waals surface area (Å²) in [6.45, 7) is 4.28. The van der Waals surface area contributed by atoms with E-state index >= 15 is 0 Å². The van der Waals surface area contributed by atoms with Crippen molar-refractivity contribution in [3.8, 4) is 0 Å². The van der Waals surface area contributed by atoms with Gasteiger partial charge >= 0.3 is 0 Å². The van der Waals surface area contributed by atoms with Gasteiger partial charge in [0.1, 0.15) is 11.9 Å². The Hall–Kier alpha value is -2.11. The average molecular weight is 425 g/mol. The summed E-state index contributed by atoms with van der Waals surface area (Å²) in [6.07, 6.45) is 0.545. The first-order valence-electron chi connectivity index (χ1n) is 9.08. The molecule has 2 amide bonds. The molecule has 7 heteroatoms. The van der Waals surface area contributed by atoms with E-state index < -0.39 is 17.8 Å². The molecular weight excluding hydrogens is 402 g/mol. The Morgan fingerprint density at radius 2 is 1.89 bits per heavy atom. The highest BCUT2D eigenvalue weighted by Gasteiger charge is 2.27. The molecule has 0 aliphatic heterocycles. The fourth-order valence-electron chi connectivity index (χ4n) is 2.76. The molecule has 2 rings (SSSR count). The molecule has 4 nitrogen and oxygen atoms in total. The van der Waals surface area contributed by atoms with Crippen molar-refractivity contribution >= 4 is 35.0 Å². The van der Waals surface area contributed by atoms with Gasteiger partial charge in [0.15, 0.2) is 0 Å². The first-order valence-corrected chi connectivity index (χ1v) is 9.83. The van der Waals surface area contributed by atoms with Crippen molar-refractivity contribution in [1.82, 2.24) is 10.2 Å². The summed E-state index contributed by atoms with van der Waals surface area (Å²) in [5, 5.41) is 3.50. The number of benzene rings is 2. The smallest absolute Gasteiger partial charge is 0.242 e. The molecule has 1 atom stereocenters. The van der Waals surface area contributed by atoms with E-state index in [1.54, 1.807) is 25.1 Å². The normalized spacial score (nSPS) is 11.8. The fraction of sp³-hybridized carbons (Fsp3) is 0.333. The van der Waals surface area contributed by atoms with Gasteiger partial charge in [-0.3, -0.25) is 9.59 Å². The molecule has 0 bridgehead atoms. The molecule has 2 aromatic carbocycles. The number of hydrogen-bond donors (Lipinski definition) is 1. The first-order chi connectivity index (χ1) is 13.3. The Balaban J connectivity index is 2.28. The van der Waals surface area contributed by atoms with Gasteiger partial charge in [-0.1, -0.05) is 48.3 Å². The fourth-order valence-corrected chi connectivity index (χ4v) is 3.21. The van der Waals surface area contributed by atoms with Crippen LogP contribution in [-0.4, -0.2) is 29.3 Å². The molecular formula is C21H23Cl2FN2O2. The molecule has 1 N–H and O–H groups in total. The molecule has 28 heavy (non-hydrogen) atoms. The molecule has 0 aromatic heterocycles. The van der Waals surface area contributed by atoms with E-state index in [0.717, 1.165) is 12.0 Å². The second kappa shape index (κ2) is 10.4. The standard InChI is InChI=1S/C21H23Cl2FN2O2/c1-3-10-25-21(28)14(2)26(13-15-6-4-7-16(22)11-15)20(27)12-17-18(23)8-5-9-19(17)24/h4-9,11,14H,3,10,12-13H2,1-2H3,(H,25,28)/t14-/m0/s1. The molecule has 0 saturated carbocycles. The lowest BCUT2D eigenvalue weighted by Crippen LogP contribution is -2.48. The summed E-state index contributed by atoms with van der Waals surface area (Å²) < 4.78 is 14.1. The van der Waals surface area contributed by atoms with Gasteiger partial charge in [0.05, 0.1) is 6.42 Å². The molecule has 0 unspecified atom stereocenters. The van der Waals surface area contributed by atoms with Crippen LogP contribution in [0, 0.1) is 5.82 Å². The third kappa shape index (κ3) is 5.94. The number of nitrogens with one attached hydrogen (secondary N) is 1. The topological polar surface area (TPSA) is 49.4 Å². The lowest BCUT2D eigenvalue weighted by molar-refractivity contribution is -0.140. The Morgan fingerprint density at radius 1 is 1.18 bits per heavy atom. The van der Waals surface area contributed by atoms with Gasteiger partial charge in [0.2, 0.25) is 11.8 Å². The van der Waals surface area contributed by atoms with Gasteiger partial charge in [-0.05, 0) is 43.2 Å². The maximum absolute atomic E-state index is 14.1. The average Bonchev–Trinajstić information content (AvgIpc) is 2.66. The van der Waals surface area contributed by atoms with Crippen molar-refractivity contribution in [2.24, 2.45) is 0 Å². The number of carbonyl (C=O) groups is 2. The van der Waals surface area contributed by atoms with Crippen LogP contribution >= 0.6 is 23.2 Å². The van der Waals surface area contributed by atoms with E-state index in [1.807, 2.05) is 13.0 Å². The molecule has 0 heterocycles. The Morgan fingerprint density at radius 3 is 2.54 bits per heavy atom. The second-order valence-corrected chi connectivity index (χ2v) is 7.34. The second-order valence-electron chi connectivity index (χ2n) is 6.50. The molecule has 0 radical (unpaired) electrons. The quantitative estimate of drug-likeness (QED) is 0.671. The van der Waals surface area contributed by atoms with Crippen LogP contribution in [0.2, 0.25) is 10.0 Å². The van der Waals surface area contributed by atoms with E-state index in [9.17, 15) is 14.0 Å². The van der Waals surface area contributed by atoms with Gasteiger partial charge < -0.3 is 10.2 Å². The van der Waals surface area contributed by atoms with Crippen LogP contribution < -0.4 is 5.32 Å². The minimum Gasteiger partial charge on any atom is -0.354 e. The summed E-state index contributed by atoms with van der Waals surface area (Å²) in [4.78, 5) is 26.9. The lowest BCUT2D eigenvalue weighted by atomic mass is 10.1. The number of rotatable bonds is 8. The van der Waals surface area contributed by atoms with E-state index in [1.165, 1.54) is 23.1 Å². The van der Waals surface area contributed by atoms with Crippen LogP contribution in [0.1, 0.15) is 31.4 Å². The summed E-state index contributed by atoms with van der Waals surface area (Å²) in [5.74, 6) is -1.21. The maximum atomic E-state index is 14.1. The minimum atomic E-state index is -0.733. The van der Waals surface area contributed by atoms with Crippen molar-refractivity contribution in [1.29, 1.82) is 0 Å². The van der Waals surface area contributed by atoms with E-state index in [2.05, 4.69) is 5.32 Å². The summed E-state index contributed by atoms with van der Waals surface area (Å²) in [6, 6.07) is 10.6. The SMILES string of the molecule is CCCNC(=O)[C@H](C)N(Cc1cccc(Cl)c1)C(=O)Cc1c(F)cccc1Cl. The Bertz CT molecular complexity index is 825. The third-order valence-electron chi connectivity index (χ3n) is 4.35. The number of carbonyl (C=O) groups excluding carboxylic acids is 2. The van der Waals surface area contributed by atoms with Crippen LogP contribution in [0.25, 0.3) is 0 Å². The monoisotopic (exact) mass is 424 g/mol. The van der Waals surface area contributed by atoms with Crippen LogP contribution in [-0.2, 0) is 22.6 Å². The van der Waals surface area contributed by atoms with Crippen molar-refractivity contribution in [2.75, 3.05) is 6.54 Å². The predicted octanol–water partition coefficient (Wildman–Crippen LogP) is 4.62. The highest BCUT2D eigenvalue weighted by Crippen LogP contribution is 2.22. The predicted molar refractivity (Wildman–Crippen MR) is 110 cm³/mol. The summed E-state index contributed by atoms with van der Waals surface area (Å²) in [7, 11) is 0. The number of amides is 2. The van der Waals surface area contributed by atoms with Crippen LogP contribution in [0.5, 0.6) is 0 Å². The van der Waals surface area contributed by atoms with Gasteiger partial charge in [-0.15, -0.1) is 0 Å². The van der Waals surface area contributed by atoms with E-state index in [4.69, 9.17) is 23.2 Å². The van der Waals surface area contributed by atoms with Gasteiger partial charge in [0, 0.05) is 28.7 Å². The largest absolute Gasteiger partial charge is 0.354 e. The zero-order chi connectivity index (χ0) is 20.7. The highest BCUT2D eigenvalue weighted by molar-refractivity contribution is 6.31. The summed E-state index contributed by atoms with van der Waals surface area (Å²) in [5.41, 5.74) is 0.891. The molecule has 0 aliphatic rings. The van der Waals surface area contributed by atoms with Crippen molar-refractivity contribution in [2.45, 2.75) is 39.3 Å². The zero-order valence-electron chi connectivity index (χ0n) is 15.8. The minimum absolute atomic E-state index is 0.117. The van der Waals surface area contributed by atoms with Crippen LogP contribution in [0.3, 0.4) is 0 Å². The van der Waals surface area contributed by atoms with Crippen LogP contribution in [0.4, 0.5) is 4.39 Å². The van der Waals surface area contributed by atoms with E-state index in [0.29, 0.717) is 11.6 Å². The summed E-state index contributed by atoms with van der Waals surface area (Å²) >= 11 is 12.1. The van der Waals surface area contributed by atoms with Gasteiger partial charge in [0.25, 0.3) is 0 Å². The van der Waals surface area contributed by atoms with Crippen LogP contribution in [0.15, 0.2) is 42.5 Å². The molecule has 0 saturated heterocycles. The van der Waals surface area contributed by atoms with E-state index in [-0.39, 0.29) is 29.5 Å². The Kier molecular flexibility index (Phi) is 8.27. The molecule has 0 aliphatic carbocycles. The van der Waals surface area contributed by atoms with Gasteiger partial charge in [-0.2, -0.15) is 0 Å². The molecule has 0 spiro atoms. The highest BCUT2D eigenvalue weighted by atomic mass is 35.5. The molecule has 2 aromatic rings. The first kappa shape index (κ1) is 22.2. The molecule has 0 fully saturated rings.